The minimum absolute atomic E-state index is 0. The summed E-state index contributed by atoms with van der Waals surface area (Å²) < 4.78 is 0. The molecule has 6 heteroatoms. The van der Waals surface area contributed by atoms with Crippen molar-refractivity contribution in [1.82, 2.24) is 10.2 Å². The van der Waals surface area contributed by atoms with Gasteiger partial charge in [-0.1, -0.05) is 18.2 Å². The molecule has 4 rings (SSSR count). The van der Waals surface area contributed by atoms with Crippen molar-refractivity contribution in [3.8, 4) is 0 Å². The number of likely N-dealkylation sites (tertiary alicyclic amines) is 1. The number of rotatable bonds is 2. The van der Waals surface area contributed by atoms with E-state index in [2.05, 4.69) is 11.4 Å². The minimum Gasteiger partial charge on any atom is -0.341 e. The predicted octanol–water partition coefficient (Wildman–Crippen LogP) is 2.38. The molecule has 2 amide bonds. The number of amides is 2. The fourth-order valence-corrected chi connectivity index (χ4v) is 4.55. The van der Waals surface area contributed by atoms with Crippen molar-refractivity contribution in [2.45, 2.75) is 38.5 Å². The summed E-state index contributed by atoms with van der Waals surface area (Å²) in [6.07, 6.45) is 5.68. The zero-order valence-corrected chi connectivity index (χ0v) is 16.0. The molecule has 2 saturated heterocycles. The molecule has 0 radical (unpaired) electrons. The number of nitrogens with one attached hydrogen (secondary N) is 1. The van der Waals surface area contributed by atoms with E-state index in [-0.39, 0.29) is 30.8 Å². The largest absolute Gasteiger partial charge is 0.341 e. The van der Waals surface area contributed by atoms with Gasteiger partial charge in [-0.3, -0.25) is 9.59 Å². The molecule has 142 valence electrons. The first-order valence-electron chi connectivity index (χ1n) is 9.54. The van der Waals surface area contributed by atoms with Gasteiger partial charge in [-0.15, -0.1) is 12.4 Å². The van der Waals surface area contributed by atoms with Crippen LogP contribution in [0.1, 0.15) is 37.7 Å². The number of benzene rings is 1. The monoisotopic (exact) mass is 377 g/mol. The summed E-state index contributed by atoms with van der Waals surface area (Å²) in [7, 11) is 0. The van der Waals surface area contributed by atoms with Crippen LogP contribution in [-0.2, 0) is 16.0 Å². The number of carbonyl (C=O) groups excluding carboxylic acids is 2. The van der Waals surface area contributed by atoms with Gasteiger partial charge in [0, 0.05) is 31.7 Å². The number of piperidine rings is 1. The first kappa shape index (κ1) is 19.2. The molecule has 0 bridgehead atoms. The second kappa shape index (κ2) is 7.97. The van der Waals surface area contributed by atoms with E-state index in [1.54, 1.807) is 4.90 Å². The van der Waals surface area contributed by atoms with E-state index in [4.69, 9.17) is 0 Å². The maximum atomic E-state index is 12.9. The molecule has 26 heavy (non-hydrogen) atoms. The molecule has 0 aromatic heterocycles. The van der Waals surface area contributed by atoms with Crippen LogP contribution in [0.15, 0.2) is 24.3 Å². The molecule has 1 spiro atoms. The van der Waals surface area contributed by atoms with Crippen LogP contribution in [0.4, 0.5) is 5.69 Å². The Balaban J connectivity index is 0.00000196. The summed E-state index contributed by atoms with van der Waals surface area (Å²) in [6.45, 7) is 4.02. The Hall–Kier alpha value is -1.59. The average molecular weight is 378 g/mol. The zero-order chi connectivity index (χ0) is 17.3. The molecule has 0 aliphatic carbocycles. The number of hydrogen-bond acceptors (Lipinski definition) is 3. The van der Waals surface area contributed by atoms with E-state index in [0.717, 1.165) is 57.5 Å². The summed E-state index contributed by atoms with van der Waals surface area (Å²) in [5.74, 6) is 0.164. The SMILES string of the molecule is Cl.O=C(CN1C(=O)CCCc2ccccc21)N1CCC2(CCNC2)CC1. The Morgan fingerprint density at radius 3 is 2.62 bits per heavy atom. The maximum Gasteiger partial charge on any atom is 0.242 e. The van der Waals surface area contributed by atoms with Crippen molar-refractivity contribution >= 4 is 29.9 Å². The van der Waals surface area contributed by atoms with Crippen LogP contribution in [0.5, 0.6) is 0 Å². The highest BCUT2D eigenvalue weighted by atomic mass is 35.5. The van der Waals surface area contributed by atoms with E-state index in [0.29, 0.717) is 11.8 Å². The smallest absolute Gasteiger partial charge is 0.242 e. The van der Waals surface area contributed by atoms with E-state index < -0.39 is 0 Å². The molecular formula is C20H28ClN3O2. The van der Waals surface area contributed by atoms with E-state index >= 15 is 0 Å². The lowest BCUT2D eigenvalue weighted by Crippen LogP contribution is -2.48. The van der Waals surface area contributed by atoms with Crippen LogP contribution in [0.2, 0.25) is 0 Å². The van der Waals surface area contributed by atoms with E-state index in [9.17, 15) is 9.59 Å². The number of halogens is 1. The summed E-state index contributed by atoms with van der Waals surface area (Å²) >= 11 is 0. The molecular weight excluding hydrogens is 350 g/mol. The van der Waals surface area contributed by atoms with Crippen molar-refractivity contribution in [2.75, 3.05) is 37.6 Å². The first-order chi connectivity index (χ1) is 12.2. The molecule has 0 atom stereocenters. The van der Waals surface area contributed by atoms with Crippen molar-refractivity contribution < 1.29 is 9.59 Å². The fourth-order valence-electron chi connectivity index (χ4n) is 4.55. The Morgan fingerprint density at radius 1 is 1.12 bits per heavy atom. The second-order valence-electron chi connectivity index (χ2n) is 7.77. The zero-order valence-electron chi connectivity index (χ0n) is 15.2. The number of anilines is 1. The minimum atomic E-state index is 0. The highest BCUT2D eigenvalue weighted by molar-refractivity contribution is 5.99. The van der Waals surface area contributed by atoms with Gasteiger partial charge < -0.3 is 15.1 Å². The summed E-state index contributed by atoms with van der Waals surface area (Å²) in [6, 6.07) is 8.01. The van der Waals surface area contributed by atoms with Crippen LogP contribution < -0.4 is 10.2 Å². The van der Waals surface area contributed by atoms with Crippen LogP contribution in [-0.4, -0.2) is 49.4 Å². The Morgan fingerprint density at radius 2 is 1.88 bits per heavy atom. The molecule has 3 aliphatic heterocycles. The normalized spacial score (nSPS) is 21.9. The lowest BCUT2D eigenvalue weighted by atomic mass is 9.78. The lowest BCUT2D eigenvalue weighted by Gasteiger charge is -2.39. The van der Waals surface area contributed by atoms with Gasteiger partial charge in [0.15, 0.2) is 0 Å². The van der Waals surface area contributed by atoms with E-state index in [1.165, 1.54) is 12.0 Å². The van der Waals surface area contributed by atoms with E-state index in [1.807, 2.05) is 23.1 Å². The van der Waals surface area contributed by atoms with Crippen LogP contribution in [0.3, 0.4) is 0 Å². The molecule has 2 fully saturated rings. The third kappa shape index (κ3) is 3.74. The summed E-state index contributed by atoms with van der Waals surface area (Å²) in [5, 5.41) is 3.46. The molecule has 3 aliphatic rings. The van der Waals surface area contributed by atoms with Gasteiger partial charge in [-0.25, -0.2) is 0 Å². The van der Waals surface area contributed by atoms with Crippen LogP contribution in [0, 0.1) is 5.41 Å². The van der Waals surface area contributed by atoms with Crippen LogP contribution in [0.25, 0.3) is 0 Å². The highest BCUT2D eigenvalue weighted by Gasteiger charge is 2.38. The number of hydrogen-bond donors (Lipinski definition) is 1. The number of para-hydroxylation sites is 1. The topological polar surface area (TPSA) is 52.7 Å². The molecule has 3 heterocycles. The molecule has 0 unspecified atom stereocenters. The quantitative estimate of drug-likeness (QED) is 0.860. The number of carbonyl (C=O) groups is 2. The lowest BCUT2D eigenvalue weighted by molar-refractivity contribution is -0.133. The van der Waals surface area contributed by atoms with Gasteiger partial charge in [-0.2, -0.15) is 0 Å². The van der Waals surface area contributed by atoms with Gasteiger partial charge in [0.25, 0.3) is 0 Å². The van der Waals surface area contributed by atoms with Gasteiger partial charge in [0.1, 0.15) is 6.54 Å². The van der Waals surface area contributed by atoms with Gasteiger partial charge in [-0.05, 0) is 55.7 Å². The number of aryl methyl sites for hydroxylation is 1. The third-order valence-electron chi connectivity index (χ3n) is 6.22. The summed E-state index contributed by atoms with van der Waals surface area (Å²) in [4.78, 5) is 29.1. The third-order valence-corrected chi connectivity index (χ3v) is 6.22. The molecule has 1 aromatic carbocycles. The average Bonchev–Trinajstić information content (AvgIpc) is 3.02. The molecule has 1 aromatic rings. The maximum absolute atomic E-state index is 12.9. The fraction of sp³-hybridized carbons (Fsp3) is 0.600. The van der Waals surface area contributed by atoms with Gasteiger partial charge >= 0.3 is 0 Å². The van der Waals surface area contributed by atoms with Crippen molar-refractivity contribution in [2.24, 2.45) is 5.41 Å². The van der Waals surface area contributed by atoms with Crippen molar-refractivity contribution in [1.29, 1.82) is 0 Å². The van der Waals surface area contributed by atoms with Crippen molar-refractivity contribution in [3.63, 3.8) is 0 Å². The molecule has 1 N–H and O–H groups in total. The van der Waals surface area contributed by atoms with Gasteiger partial charge in [0.2, 0.25) is 11.8 Å². The Labute approximate surface area is 161 Å². The predicted molar refractivity (Wildman–Crippen MR) is 105 cm³/mol. The number of fused-ring (bicyclic) bond motifs is 1. The number of nitrogens with zero attached hydrogens (tertiary/aromatic N) is 2. The second-order valence-corrected chi connectivity index (χ2v) is 7.77. The molecule has 0 saturated carbocycles. The van der Waals surface area contributed by atoms with Crippen molar-refractivity contribution in [3.05, 3.63) is 29.8 Å². The van der Waals surface area contributed by atoms with Crippen LogP contribution >= 0.6 is 12.4 Å². The Kier molecular flexibility index (Phi) is 5.88. The summed E-state index contributed by atoms with van der Waals surface area (Å²) in [5.41, 5.74) is 2.50. The Bertz CT molecular complexity index is 663. The first-order valence-corrected chi connectivity index (χ1v) is 9.54. The van der Waals surface area contributed by atoms with Gasteiger partial charge in [0.05, 0.1) is 0 Å². The highest BCUT2D eigenvalue weighted by Crippen LogP contribution is 2.37. The molecule has 5 nitrogen and oxygen atoms in total. The standard InChI is InChI=1S/C20H27N3O2.ClH/c24-18-7-3-5-16-4-1-2-6-17(16)23(18)14-19(25)22-12-9-20(10-13-22)8-11-21-15-20;/h1-2,4,6,21H,3,5,7-15H2;1H.